The lowest BCUT2D eigenvalue weighted by Gasteiger charge is -2.21. The maximum atomic E-state index is 13.4. The van der Waals surface area contributed by atoms with Crippen LogP contribution in [0.25, 0.3) is 10.9 Å². The normalized spacial score (nSPS) is 13.0. The Kier molecular flexibility index (Phi) is 8.63. The Hall–Kier alpha value is -1.71. The summed E-state index contributed by atoms with van der Waals surface area (Å²) >= 11 is 10.7. The highest BCUT2D eigenvalue weighted by Gasteiger charge is 2.20. The number of hydrogen-bond donors (Lipinski definition) is 0. The average Bonchev–Trinajstić information content (AvgIpc) is 2.79. The van der Waals surface area contributed by atoms with Gasteiger partial charge in [0.2, 0.25) is 0 Å². The fraction of sp³-hybridized carbons (Fsp3) is 0.400. The lowest BCUT2D eigenvalue weighted by atomic mass is 9.99. The van der Waals surface area contributed by atoms with Crippen LogP contribution in [0.4, 0.5) is 0 Å². The van der Waals surface area contributed by atoms with Gasteiger partial charge in [-0.25, -0.2) is 4.98 Å². The van der Waals surface area contributed by atoms with Crippen LogP contribution in [0.5, 0.6) is 11.5 Å². The molecule has 1 atom stereocenters. The van der Waals surface area contributed by atoms with Gasteiger partial charge >= 0.3 is 0 Å². The highest BCUT2D eigenvalue weighted by atomic mass is 79.9. The lowest BCUT2D eigenvalue weighted by molar-refractivity contribution is 0.190. The molecule has 0 aliphatic heterocycles. The standard InChI is InChI=1S/C25H28Br3N3O3/c1-7-14(2)23-30-18-9-8-16(26)11-17(18)24(32)31(23)29-12-15-10-19(33-6)22(21(28)20(15)27)34-13-25(3,4)5/h8-12,14H,7,13H2,1-6H3/t14-/m1/s1. The van der Waals surface area contributed by atoms with Crippen molar-refractivity contribution < 1.29 is 9.47 Å². The highest BCUT2D eigenvalue weighted by molar-refractivity contribution is 9.13. The van der Waals surface area contributed by atoms with Crippen molar-refractivity contribution in [1.29, 1.82) is 0 Å². The third kappa shape index (κ3) is 5.91. The van der Waals surface area contributed by atoms with Crippen LogP contribution in [0.15, 0.2) is 47.6 Å². The van der Waals surface area contributed by atoms with E-state index in [0.29, 0.717) is 39.3 Å². The van der Waals surface area contributed by atoms with E-state index in [1.165, 1.54) is 4.68 Å². The van der Waals surface area contributed by atoms with Crippen molar-refractivity contribution in [2.45, 2.75) is 47.0 Å². The van der Waals surface area contributed by atoms with Gasteiger partial charge in [0.05, 0.1) is 35.3 Å². The van der Waals surface area contributed by atoms with Crippen LogP contribution in [-0.2, 0) is 0 Å². The van der Waals surface area contributed by atoms with Gasteiger partial charge < -0.3 is 9.47 Å². The predicted octanol–water partition coefficient (Wildman–Crippen LogP) is 7.51. The molecule has 3 aromatic rings. The van der Waals surface area contributed by atoms with Crippen LogP contribution in [0.1, 0.15) is 58.3 Å². The van der Waals surface area contributed by atoms with E-state index in [9.17, 15) is 4.79 Å². The number of rotatable bonds is 7. The summed E-state index contributed by atoms with van der Waals surface area (Å²) in [6.07, 6.45) is 2.45. The van der Waals surface area contributed by atoms with Crippen LogP contribution in [0.2, 0.25) is 0 Å². The van der Waals surface area contributed by atoms with Crippen molar-refractivity contribution in [2.75, 3.05) is 13.7 Å². The van der Waals surface area contributed by atoms with Crippen molar-refractivity contribution in [1.82, 2.24) is 9.66 Å². The van der Waals surface area contributed by atoms with E-state index in [4.69, 9.17) is 14.5 Å². The molecule has 0 spiro atoms. The Morgan fingerprint density at radius 3 is 2.50 bits per heavy atom. The van der Waals surface area contributed by atoms with Gasteiger partial charge in [-0.05, 0) is 68.0 Å². The van der Waals surface area contributed by atoms with Crippen molar-refractivity contribution in [3.8, 4) is 11.5 Å². The third-order valence-corrected chi connectivity index (χ3v) is 7.86. The molecule has 0 saturated carbocycles. The summed E-state index contributed by atoms with van der Waals surface area (Å²) in [5.74, 6) is 1.84. The third-order valence-electron chi connectivity index (χ3n) is 5.22. The fourth-order valence-electron chi connectivity index (χ4n) is 3.17. The van der Waals surface area contributed by atoms with Gasteiger partial charge in [0, 0.05) is 20.4 Å². The van der Waals surface area contributed by atoms with Crippen LogP contribution in [-0.4, -0.2) is 29.6 Å². The minimum absolute atomic E-state index is 0.0112. The first kappa shape index (κ1) is 26.9. The summed E-state index contributed by atoms with van der Waals surface area (Å²) in [5, 5.41) is 5.07. The fourth-order valence-corrected chi connectivity index (χ4v) is 4.47. The second-order valence-electron chi connectivity index (χ2n) is 9.28. The average molecular weight is 658 g/mol. The zero-order valence-corrected chi connectivity index (χ0v) is 24.8. The zero-order valence-electron chi connectivity index (χ0n) is 20.1. The number of ether oxygens (including phenoxy) is 2. The SMILES string of the molecule is CC[C@@H](C)c1nc2ccc(Br)cc2c(=O)n1N=Cc1cc(OC)c(OCC(C)(C)C)c(Br)c1Br. The first-order valence-electron chi connectivity index (χ1n) is 10.9. The molecular formula is C25H28Br3N3O3. The number of methoxy groups -OCH3 is 1. The number of hydrogen-bond acceptors (Lipinski definition) is 5. The number of nitrogens with zero attached hydrogens (tertiary/aromatic N) is 3. The van der Waals surface area contributed by atoms with Gasteiger partial charge in [0.1, 0.15) is 5.82 Å². The molecule has 0 amide bonds. The lowest BCUT2D eigenvalue weighted by Crippen LogP contribution is -2.23. The van der Waals surface area contributed by atoms with Gasteiger partial charge in [0.15, 0.2) is 11.5 Å². The molecule has 0 radical (unpaired) electrons. The van der Waals surface area contributed by atoms with Gasteiger partial charge in [-0.2, -0.15) is 9.78 Å². The molecule has 1 aromatic heterocycles. The van der Waals surface area contributed by atoms with Gasteiger partial charge in [-0.15, -0.1) is 0 Å². The maximum Gasteiger partial charge on any atom is 0.282 e. The molecule has 0 aliphatic rings. The van der Waals surface area contributed by atoms with Gasteiger partial charge in [-0.1, -0.05) is 50.5 Å². The molecule has 3 rings (SSSR count). The molecule has 0 N–H and O–H groups in total. The summed E-state index contributed by atoms with van der Waals surface area (Å²) < 4.78 is 15.3. The molecule has 2 aromatic carbocycles. The van der Waals surface area contributed by atoms with E-state index in [0.717, 1.165) is 20.9 Å². The van der Waals surface area contributed by atoms with Crippen LogP contribution < -0.4 is 15.0 Å². The second-order valence-corrected chi connectivity index (χ2v) is 11.8. The molecule has 0 saturated heterocycles. The first-order chi connectivity index (χ1) is 16.0. The molecular weight excluding hydrogens is 630 g/mol. The zero-order chi connectivity index (χ0) is 25.2. The predicted molar refractivity (Wildman–Crippen MR) is 149 cm³/mol. The minimum atomic E-state index is -0.217. The topological polar surface area (TPSA) is 65.7 Å². The Balaban J connectivity index is 2.13. The molecule has 0 unspecified atom stereocenters. The second kappa shape index (κ2) is 10.9. The van der Waals surface area contributed by atoms with E-state index in [2.05, 4.69) is 80.6 Å². The smallest absolute Gasteiger partial charge is 0.282 e. The molecule has 34 heavy (non-hydrogen) atoms. The Morgan fingerprint density at radius 2 is 1.88 bits per heavy atom. The van der Waals surface area contributed by atoms with Crippen LogP contribution in [0, 0.1) is 5.41 Å². The van der Waals surface area contributed by atoms with E-state index in [1.54, 1.807) is 19.4 Å². The Morgan fingerprint density at radius 1 is 1.18 bits per heavy atom. The molecule has 0 aliphatic carbocycles. The van der Waals surface area contributed by atoms with Crippen molar-refractivity contribution in [3.63, 3.8) is 0 Å². The summed E-state index contributed by atoms with van der Waals surface area (Å²) in [7, 11) is 1.59. The van der Waals surface area contributed by atoms with Gasteiger partial charge in [-0.3, -0.25) is 4.79 Å². The van der Waals surface area contributed by atoms with Gasteiger partial charge in [0.25, 0.3) is 5.56 Å². The number of benzene rings is 2. The summed E-state index contributed by atoms with van der Waals surface area (Å²) in [6, 6.07) is 7.33. The minimum Gasteiger partial charge on any atom is -0.493 e. The van der Waals surface area contributed by atoms with Crippen molar-refractivity contribution >= 4 is 64.9 Å². The van der Waals surface area contributed by atoms with Crippen LogP contribution >= 0.6 is 47.8 Å². The van der Waals surface area contributed by atoms with E-state index in [1.807, 2.05) is 25.1 Å². The van der Waals surface area contributed by atoms with Crippen LogP contribution in [0.3, 0.4) is 0 Å². The highest BCUT2D eigenvalue weighted by Crippen LogP contribution is 2.43. The molecule has 182 valence electrons. The summed E-state index contributed by atoms with van der Waals surface area (Å²) in [6.45, 7) is 10.9. The molecule has 0 bridgehead atoms. The first-order valence-corrected chi connectivity index (χ1v) is 13.3. The number of aromatic nitrogens is 2. The van der Waals surface area contributed by atoms with E-state index >= 15 is 0 Å². The Bertz CT molecular complexity index is 1300. The molecule has 9 heteroatoms. The van der Waals surface area contributed by atoms with Crippen molar-refractivity contribution in [3.05, 3.63) is 59.4 Å². The number of halogens is 3. The largest absolute Gasteiger partial charge is 0.493 e. The summed E-state index contributed by atoms with van der Waals surface area (Å²) in [5.41, 5.74) is 1.15. The quantitative estimate of drug-likeness (QED) is 0.247. The summed E-state index contributed by atoms with van der Waals surface area (Å²) in [4.78, 5) is 18.1. The van der Waals surface area contributed by atoms with Crippen molar-refractivity contribution in [2.24, 2.45) is 10.5 Å². The monoisotopic (exact) mass is 655 g/mol. The molecule has 1 heterocycles. The van der Waals surface area contributed by atoms with E-state index < -0.39 is 0 Å². The maximum absolute atomic E-state index is 13.4. The Labute approximate surface area is 225 Å². The van der Waals surface area contributed by atoms with E-state index in [-0.39, 0.29) is 16.9 Å². The molecule has 6 nitrogen and oxygen atoms in total. The number of fused-ring (bicyclic) bond motifs is 1. The molecule has 0 fully saturated rings.